The third-order valence-electron chi connectivity index (χ3n) is 1.91. The Morgan fingerprint density at radius 3 is 2.31 bits per heavy atom. The first-order chi connectivity index (χ1) is 7.23. The molecule has 0 N–H and O–H groups in total. The van der Waals surface area contributed by atoms with Crippen LogP contribution in [0.5, 0.6) is 0 Å². The fourth-order valence-electron chi connectivity index (χ4n) is 1.17. The number of nitrogens with zero attached hydrogens (tertiary/aromatic N) is 1. The highest BCUT2D eigenvalue weighted by atomic mass is 19.4. The van der Waals surface area contributed by atoms with Gasteiger partial charge in [-0.25, -0.2) is 0 Å². The van der Waals surface area contributed by atoms with Crippen LogP contribution in [0.25, 0.3) is 0 Å². The summed E-state index contributed by atoms with van der Waals surface area (Å²) in [6.07, 6.45) is -4.97. The largest absolute Gasteiger partial charge is 0.454 e. The van der Waals surface area contributed by atoms with E-state index in [1.54, 1.807) is 0 Å². The first kappa shape index (κ1) is 12.2. The molecule has 0 saturated heterocycles. The van der Waals surface area contributed by atoms with Crippen molar-refractivity contribution in [3.8, 4) is 0 Å². The molecule has 0 aromatic heterocycles. The van der Waals surface area contributed by atoms with Gasteiger partial charge in [0, 0.05) is 17.2 Å². The molecule has 1 aromatic carbocycles. The van der Waals surface area contributed by atoms with Crippen LogP contribution in [-0.2, 0) is 0 Å². The molecule has 1 aromatic rings. The van der Waals surface area contributed by atoms with Crippen LogP contribution in [0.3, 0.4) is 0 Å². The summed E-state index contributed by atoms with van der Waals surface area (Å²) < 4.78 is 36.1. The molecule has 0 aliphatic heterocycles. The second-order valence-electron chi connectivity index (χ2n) is 3.09. The summed E-state index contributed by atoms with van der Waals surface area (Å²) in [7, 11) is 0. The third-order valence-corrected chi connectivity index (χ3v) is 1.91. The number of halogens is 3. The highest BCUT2D eigenvalue weighted by Gasteiger charge is 2.39. The number of hydrogen-bond donors (Lipinski definition) is 0. The van der Waals surface area contributed by atoms with Crippen molar-refractivity contribution in [1.82, 2.24) is 0 Å². The van der Waals surface area contributed by atoms with Crippen LogP contribution in [0.1, 0.15) is 15.9 Å². The van der Waals surface area contributed by atoms with Crippen molar-refractivity contribution in [3.05, 3.63) is 39.4 Å². The molecule has 0 heterocycles. The van der Waals surface area contributed by atoms with E-state index >= 15 is 0 Å². The van der Waals surface area contributed by atoms with Crippen LogP contribution in [0.2, 0.25) is 0 Å². The number of alkyl halides is 3. The molecule has 0 fully saturated rings. The monoisotopic (exact) mass is 233 g/mol. The molecule has 0 atom stereocenters. The predicted octanol–water partition coefficient (Wildman–Crippen LogP) is 2.65. The second kappa shape index (κ2) is 3.92. The smallest absolute Gasteiger partial charge is 0.284 e. The number of rotatable bonds is 2. The summed E-state index contributed by atoms with van der Waals surface area (Å²) in [6.45, 7) is 1.27. The van der Waals surface area contributed by atoms with Gasteiger partial charge in [-0.2, -0.15) is 13.2 Å². The second-order valence-corrected chi connectivity index (χ2v) is 3.09. The topological polar surface area (TPSA) is 60.2 Å². The van der Waals surface area contributed by atoms with E-state index in [1.807, 2.05) is 0 Å². The van der Waals surface area contributed by atoms with Crippen molar-refractivity contribution in [2.24, 2.45) is 0 Å². The minimum atomic E-state index is -4.97. The van der Waals surface area contributed by atoms with E-state index in [0.29, 0.717) is 0 Å². The lowest BCUT2D eigenvalue weighted by Gasteiger charge is -2.05. The molecular formula is C9H6F3NO3. The Labute approximate surface area is 87.8 Å². The Morgan fingerprint density at radius 1 is 1.38 bits per heavy atom. The van der Waals surface area contributed by atoms with Gasteiger partial charge < -0.3 is 0 Å². The van der Waals surface area contributed by atoms with Crippen LogP contribution in [0, 0.1) is 17.0 Å². The molecule has 0 aliphatic carbocycles. The van der Waals surface area contributed by atoms with E-state index < -0.39 is 22.4 Å². The van der Waals surface area contributed by atoms with Gasteiger partial charge in [-0.3, -0.25) is 14.9 Å². The Hall–Kier alpha value is -1.92. The number of carbonyl (C=O) groups is 1. The van der Waals surface area contributed by atoms with Crippen LogP contribution in [0.15, 0.2) is 18.2 Å². The zero-order valence-electron chi connectivity index (χ0n) is 8.04. The Kier molecular flexibility index (Phi) is 2.97. The van der Waals surface area contributed by atoms with Crippen LogP contribution >= 0.6 is 0 Å². The number of nitro benzene ring substituents is 1. The van der Waals surface area contributed by atoms with Gasteiger partial charge in [0.1, 0.15) is 0 Å². The fourth-order valence-corrected chi connectivity index (χ4v) is 1.17. The number of hydrogen-bond acceptors (Lipinski definition) is 3. The quantitative estimate of drug-likeness (QED) is 0.448. The van der Waals surface area contributed by atoms with Gasteiger partial charge in [0.15, 0.2) is 0 Å². The molecule has 1 rings (SSSR count). The van der Waals surface area contributed by atoms with Gasteiger partial charge in [0.25, 0.3) is 11.5 Å². The Morgan fingerprint density at radius 2 is 1.94 bits per heavy atom. The fraction of sp³-hybridized carbons (Fsp3) is 0.222. The van der Waals surface area contributed by atoms with Gasteiger partial charge in [-0.05, 0) is 19.1 Å². The van der Waals surface area contributed by atoms with E-state index in [2.05, 4.69) is 0 Å². The van der Waals surface area contributed by atoms with E-state index in [1.165, 1.54) is 6.92 Å². The number of carbonyl (C=O) groups excluding carboxylic acids is 1. The lowest BCUT2D eigenvalue weighted by Crippen LogP contribution is -2.22. The molecule has 0 amide bonds. The molecule has 0 aliphatic rings. The summed E-state index contributed by atoms with van der Waals surface area (Å²) in [4.78, 5) is 20.5. The summed E-state index contributed by atoms with van der Waals surface area (Å²) in [6, 6.07) is 2.53. The molecule has 86 valence electrons. The van der Waals surface area contributed by atoms with Gasteiger partial charge in [0.2, 0.25) is 0 Å². The number of Topliss-reactive ketones (excluding diaryl/α,β-unsaturated/α-hetero) is 1. The normalized spacial score (nSPS) is 11.2. The van der Waals surface area contributed by atoms with Crippen molar-refractivity contribution >= 4 is 11.5 Å². The van der Waals surface area contributed by atoms with Gasteiger partial charge in [0.05, 0.1) is 4.92 Å². The number of ketones is 1. The molecule has 0 bridgehead atoms. The van der Waals surface area contributed by atoms with Crippen molar-refractivity contribution in [1.29, 1.82) is 0 Å². The van der Waals surface area contributed by atoms with Crippen molar-refractivity contribution < 1.29 is 22.9 Å². The van der Waals surface area contributed by atoms with Crippen molar-refractivity contribution in [2.75, 3.05) is 0 Å². The average Bonchev–Trinajstić information content (AvgIpc) is 2.14. The first-order valence-electron chi connectivity index (χ1n) is 4.10. The maximum Gasteiger partial charge on any atom is 0.454 e. The van der Waals surface area contributed by atoms with Gasteiger partial charge in [-0.1, -0.05) is 0 Å². The Balaban J connectivity index is 3.17. The summed E-state index contributed by atoms with van der Waals surface area (Å²) >= 11 is 0. The standard InChI is InChI=1S/C9H6F3NO3/c1-5-4-6(8(14)9(10,11)12)2-3-7(5)13(15)16/h2-4H,1H3. The average molecular weight is 233 g/mol. The van der Waals surface area contributed by atoms with Crippen molar-refractivity contribution in [2.45, 2.75) is 13.1 Å². The van der Waals surface area contributed by atoms with E-state index in [0.717, 1.165) is 18.2 Å². The minimum Gasteiger partial charge on any atom is -0.284 e. The minimum absolute atomic E-state index is 0.0140. The maximum atomic E-state index is 12.0. The highest BCUT2D eigenvalue weighted by Crippen LogP contribution is 2.25. The predicted molar refractivity (Wildman–Crippen MR) is 48.2 cm³/mol. The highest BCUT2D eigenvalue weighted by molar-refractivity contribution is 6.00. The molecule has 0 unspecified atom stereocenters. The first-order valence-corrected chi connectivity index (χ1v) is 4.10. The maximum absolute atomic E-state index is 12.0. The summed E-state index contributed by atoms with van der Waals surface area (Å²) in [5.41, 5.74) is -0.908. The number of benzene rings is 1. The van der Waals surface area contributed by atoms with E-state index in [9.17, 15) is 28.1 Å². The lowest BCUT2D eigenvalue weighted by atomic mass is 10.1. The molecular weight excluding hydrogens is 227 g/mol. The third kappa shape index (κ3) is 2.36. The molecule has 7 heteroatoms. The zero-order chi connectivity index (χ0) is 12.5. The zero-order valence-corrected chi connectivity index (χ0v) is 8.04. The van der Waals surface area contributed by atoms with Gasteiger partial charge >= 0.3 is 6.18 Å². The molecule has 0 saturated carbocycles. The lowest BCUT2D eigenvalue weighted by molar-refractivity contribution is -0.385. The molecule has 0 radical (unpaired) electrons. The molecule has 0 spiro atoms. The van der Waals surface area contributed by atoms with E-state index in [-0.39, 0.29) is 11.3 Å². The van der Waals surface area contributed by atoms with Crippen LogP contribution in [0.4, 0.5) is 18.9 Å². The van der Waals surface area contributed by atoms with E-state index in [4.69, 9.17) is 0 Å². The van der Waals surface area contributed by atoms with Gasteiger partial charge in [-0.15, -0.1) is 0 Å². The molecule has 16 heavy (non-hydrogen) atoms. The summed E-state index contributed by atoms with van der Waals surface area (Å²) in [5, 5.41) is 10.4. The molecule has 4 nitrogen and oxygen atoms in total. The summed E-state index contributed by atoms with van der Waals surface area (Å²) in [5.74, 6) is -2.01. The number of aryl methyl sites for hydroxylation is 1. The SMILES string of the molecule is Cc1cc(C(=O)C(F)(F)F)ccc1[N+](=O)[O-]. The Bertz CT molecular complexity index is 454. The van der Waals surface area contributed by atoms with Crippen LogP contribution in [-0.4, -0.2) is 16.9 Å². The van der Waals surface area contributed by atoms with Crippen molar-refractivity contribution in [3.63, 3.8) is 0 Å². The van der Waals surface area contributed by atoms with Crippen LogP contribution < -0.4 is 0 Å². The number of nitro groups is 1.